The van der Waals surface area contributed by atoms with Gasteiger partial charge in [0.25, 0.3) is 5.91 Å². The van der Waals surface area contributed by atoms with E-state index in [9.17, 15) is 9.90 Å². The Morgan fingerprint density at radius 2 is 1.68 bits per heavy atom. The zero-order valence-corrected chi connectivity index (χ0v) is 22.2. The van der Waals surface area contributed by atoms with Crippen molar-refractivity contribution >= 4 is 5.91 Å². The molecule has 0 unspecified atom stereocenters. The minimum atomic E-state index is -0.440. The summed E-state index contributed by atoms with van der Waals surface area (Å²) in [6.07, 6.45) is 0.654. The Morgan fingerprint density at radius 1 is 0.947 bits per heavy atom. The van der Waals surface area contributed by atoms with E-state index < -0.39 is 6.04 Å². The van der Waals surface area contributed by atoms with Gasteiger partial charge in [0.2, 0.25) is 0 Å². The molecule has 1 aliphatic rings. The van der Waals surface area contributed by atoms with Crippen molar-refractivity contribution in [3.05, 3.63) is 88.1 Å². The molecule has 196 valence electrons. The molecule has 8 nitrogen and oxygen atoms in total. The highest BCUT2D eigenvalue weighted by atomic mass is 16.5. The van der Waals surface area contributed by atoms with E-state index in [-0.39, 0.29) is 11.7 Å². The first-order chi connectivity index (χ1) is 18.4. The first kappa shape index (κ1) is 25.2. The summed E-state index contributed by atoms with van der Waals surface area (Å²) in [4.78, 5) is 15.6. The van der Waals surface area contributed by atoms with Crippen molar-refractivity contribution in [2.45, 2.75) is 26.3 Å². The van der Waals surface area contributed by atoms with Gasteiger partial charge in [0.15, 0.2) is 11.5 Å². The summed E-state index contributed by atoms with van der Waals surface area (Å²) in [5.41, 5.74) is 6.00. The van der Waals surface area contributed by atoms with Gasteiger partial charge in [-0.05, 0) is 72.9 Å². The third kappa shape index (κ3) is 4.32. The van der Waals surface area contributed by atoms with Crippen LogP contribution < -0.4 is 14.2 Å². The number of benzene rings is 3. The minimum absolute atomic E-state index is 0.143. The predicted molar refractivity (Wildman–Crippen MR) is 144 cm³/mol. The third-order valence-corrected chi connectivity index (χ3v) is 7.09. The number of hydrogen-bond acceptors (Lipinski definition) is 6. The van der Waals surface area contributed by atoms with Gasteiger partial charge in [0.05, 0.1) is 27.4 Å². The van der Waals surface area contributed by atoms with Gasteiger partial charge in [-0.1, -0.05) is 24.3 Å². The number of aryl methyl sites for hydroxylation is 2. The van der Waals surface area contributed by atoms with Crippen molar-refractivity contribution in [3.8, 4) is 34.3 Å². The molecule has 2 N–H and O–H groups in total. The van der Waals surface area contributed by atoms with Crippen LogP contribution >= 0.6 is 0 Å². The van der Waals surface area contributed by atoms with Crippen molar-refractivity contribution in [1.82, 2.24) is 15.1 Å². The maximum absolute atomic E-state index is 13.8. The Morgan fingerprint density at radius 3 is 2.37 bits per heavy atom. The van der Waals surface area contributed by atoms with Gasteiger partial charge in [0, 0.05) is 17.7 Å². The summed E-state index contributed by atoms with van der Waals surface area (Å²) < 4.78 is 16.3. The minimum Gasteiger partial charge on any atom is -0.507 e. The zero-order valence-electron chi connectivity index (χ0n) is 22.2. The molecule has 1 aromatic heterocycles. The van der Waals surface area contributed by atoms with Crippen molar-refractivity contribution in [1.29, 1.82) is 0 Å². The maximum Gasteiger partial charge on any atom is 0.273 e. The number of phenolic OH excluding ortho intramolecular Hbond substituents is 1. The normalized spacial score (nSPS) is 14.5. The van der Waals surface area contributed by atoms with Crippen LogP contribution in [0.1, 0.15) is 44.3 Å². The average molecular weight is 514 g/mol. The Bertz CT molecular complexity index is 1490. The number of rotatable bonds is 8. The fourth-order valence-electron chi connectivity index (χ4n) is 5.18. The smallest absolute Gasteiger partial charge is 0.273 e. The van der Waals surface area contributed by atoms with Gasteiger partial charge in [-0.25, -0.2) is 0 Å². The molecule has 3 aromatic carbocycles. The maximum atomic E-state index is 13.8. The van der Waals surface area contributed by atoms with Gasteiger partial charge >= 0.3 is 0 Å². The molecular formula is C30H31N3O5. The quantitative estimate of drug-likeness (QED) is 0.336. The van der Waals surface area contributed by atoms with E-state index in [1.165, 1.54) is 0 Å². The molecule has 0 radical (unpaired) electrons. The molecule has 1 aliphatic heterocycles. The van der Waals surface area contributed by atoms with E-state index >= 15 is 0 Å². The molecule has 0 spiro atoms. The number of H-pyrrole nitrogens is 1. The zero-order chi connectivity index (χ0) is 27.0. The third-order valence-electron chi connectivity index (χ3n) is 7.09. The number of aromatic hydroxyl groups is 1. The van der Waals surface area contributed by atoms with E-state index in [2.05, 4.69) is 10.2 Å². The number of aromatic amines is 1. The van der Waals surface area contributed by atoms with Crippen LogP contribution in [-0.4, -0.2) is 54.0 Å². The molecule has 4 aromatic rings. The molecule has 0 saturated carbocycles. The number of nitrogens with one attached hydrogen (secondary N) is 1. The molecule has 0 saturated heterocycles. The number of carbonyl (C=O) groups excluding carboxylic acids is 1. The predicted octanol–water partition coefficient (Wildman–Crippen LogP) is 5.21. The molecule has 1 amide bonds. The van der Waals surface area contributed by atoms with Crippen LogP contribution in [0.15, 0.2) is 54.6 Å². The summed E-state index contributed by atoms with van der Waals surface area (Å²) in [6.45, 7) is 4.31. The van der Waals surface area contributed by atoms with Crippen LogP contribution in [0, 0.1) is 13.8 Å². The number of aromatic nitrogens is 2. The van der Waals surface area contributed by atoms with Crippen LogP contribution in [-0.2, 0) is 6.42 Å². The second-order valence-corrected chi connectivity index (χ2v) is 9.45. The largest absolute Gasteiger partial charge is 0.507 e. The summed E-state index contributed by atoms with van der Waals surface area (Å²) >= 11 is 0. The SMILES string of the molecule is COc1ccc(CCN2C(=O)c3[nH]nc(-c4cc(C)cc(C)c4O)c3[C@@H]2c2ccc(OC)c(OC)c2)cc1. The second kappa shape index (κ2) is 10.1. The lowest BCUT2D eigenvalue weighted by Gasteiger charge is -2.27. The highest BCUT2D eigenvalue weighted by molar-refractivity contribution is 6.00. The summed E-state index contributed by atoms with van der Waals surface area (Å²) in [5.74, 6) is 1.97. The monoisotopic (exact) mass is 513 g/mol. The average Bonchev–Trinajstić information content (AvgIpc) is 3.47. The molecule has 38 heavy (non-hydrogen) atoms. The first-order valence-electron chi connectivity index (χ1n) is 12.4. The van der Waals surface area contributed by atoms with Crippen LogP contribution in [0.5, 0.6) is 23.0 Å². The number of methoxy groups -OCH3 is 3. The molecule has 0 fully saturated rings. The Kier molecular flexibility index (Phi) is 6.72. The lowest BCUT2D eigenvalue weighted by molar-refractivity contribution is 0.0745. The van der Waals surface area contributed by atoms with Crippen molar-refractivity contribution in [2.24, 2.45) is 0 Å². The highest BCUT2D eigenvalue weighted by Crippen LogP contribution is 2.46. The molecule has 0 aliphatic carbocycles. The number of hydrogen-bond donors (Lipinski definition) is 2. The molecular weight excluding hydrogens is 482 g/mol. The number of phenols is 1. The van der Waals surface area contributed by atoms with Crippen LogP contribution in [0.3, 0.4) is 0 Å². The fourth-order valence-corrected chi connectivity index (χ4v) is 5.18. The van der Waals surface area contributed by atoms with Gasteiger partial charge in [-0.15, -0.1) is 0 Å². The number of nitrogens with zero attached hydrogens (tertiary/aromatic N) is 2. The summed E-state index contributed by atoms with van der Waals surface area (Å²) in [6, 6.07) is 16.9. The van der Waals surface area contributed by atoms with E-state index in [4.69, 9.17) is 14.2 Å². The van der Waals surface area contributed by atoms with Crippen LogP contribution in [0.4, 0.5) is 0 Å². The van der Waals surface area contributed by atoms with Gasteiger partial charge in [-0.3, -0.25) is 9.89 Å². The fraction of sp³-hybridized carbons (Fsp3) is 0.267. The van der Waals surface area contributed by atoms with Gasteiger partial charge in [-0.2, -0.15) is 5.10 Å². The number of ether oxygens (including phenoxy) is 3. The number of amides is 1. The molecule has 0 bridgehead atoms. The summed E-state index contributed by atoms with van der Waals surface area (Å²) in [5, 5.41) is 18.5. The van der Waals surface area contributed by atoms with E-state index in [1.807, 2.05) is 73.3 Å². The van der Waals surface area contributed by atoms with E-state index in [0.29, 0.717) is 41.4 Å². The van der Waals surface area contributed by atoms with Crippen molar-refractivity contribution in [3.63, 3.8) is 0 Å². The number of carbonyl (C=O) groups is 1. The number of fused-ring (bicyclic) bond motifs is 1. The molecule has 2 heterocycles. The molecule has 5 rings (SSSR count). The Balaban J connectivity index is 1.61. The Labute approximate surface area is 221 Å². The van der Waals surface area contributed by atoms with Crippen molar-refractivity contribution in [2.75, 3.05) is 27.9 Å². The van der Waals surface area contributed by atoms with E-state index in [1.54, 1.807) is 21.3 Å². The van der Waals surface area contributed by atoms with Crippen molar-refractivity contribution < 1.29 is 24.1 Å². The highest BCUT2D eigenvalue weighted by Gasteiger charge is 2.42. The standard InChI is InChI=1S/C30H31N3O5/c1-17-14-18(2)29(34)22(15-17)26-25-27(32-31-26)30(35)33(13-12-19-6-9-21(36-3)10-7-19)28(25)20-8-11-23(37-4)24(16-20)38-5/h6-11,14-16,28,34H,12-13H2,1-5H3,(H,31,32)/t28-/m0/s1. The molecule has 8 heteroatoms. The van der Waals surface area contributed by atoms with Gasteiger partial charge < -0.3 is 24.2 Å². The van der Waals surface area contributed by atoms with E-state index in [0.717, 1.165) is 33.6 Å². The Hall–Kier alpha value is -4.46. The lowest BCUT2D eigenvalue weighted by atomic mass is 9.93. The molecule has 1 atom stereocenters. The van der Waals surface area contributed by atoms with Crippen LogP contribution in [0.2, 0.25) is 0 Å². The first-order valence-corrected chi connectivity index (χ1v) is 12.4. The lowest BCUT2D eigenvalue weighted by Crippen LogP contribution is -2.31. The van der Waals surface area contributed by atoms with Crippen LogP contribution in [0.25, 0.3) is 11.3 Å². The second-order valence-electron chi connectivity index (χ2n) is 9.45. The van der Waals surface area contributed by atoms with Gasteiger partial charge in [0.1, 0.15) is 22.9 Å². The summed E-state index contributed by atoms with van der Waals surface area (Å²) in [7, 11) is 4.82. The topological polar surface area (TPSA) is 96.9 Å².